The van der Waals surface area contributed by atoms with E-state index in [0.29, 0.717) is 27.2 Å². The summed E-state index contributed by atoms with van der Waals surface area (Å²) in [5.74, 6) is 0.431. The summed E-state index contributed by atoms with van der Waals surface area (Å²) in [5.41, 5.74) is 1.34. The van der Waals surface area contributed by atoms with Gasteiger partial charge >= 0.3 is 6.61 Å². The minimum Gasteiger partial charge on any atom is -0.434 e. The van der Waals surface area contributed by atoms with Crippen molar-refractivity contribution in [2.45, 2.75) is 44.4 Å². The van der Waals surface area contributed by atoms with E-state index in [0.717, 1.165) is 25.7 Å². The first-order valence-corrected chi connectivity index (χ1v) is 9.70. The van der Waals surface area contributed by atoms with Crippen LogP contribution in [0, 0.1) is 0 Å². The van der Waals surface area contributed by atoms with E-state index in [4.69, 9.17) is 0 Å². The molecule has 4 rings (SSSR count). The lowest BCUT2D eigenvalue weighted by molar-refractivity contribution is -0.0495. The minimum atomic E-state index is -2.96. The van der Waals surface area contributed by atoms with Gasteiger partial charge in [-0.25, -0.2) is 4.98 Å². The Morgan fingerprint density at radius 3 is 2.86 bits per heavy atom. The second-order valence-electron chi connectivity index (χ2n) is 6.64. The topological polar surface area (TPSA) is 84.6 Å². The molecule has 2 N–H and O–H groups in total. The highest BCUT2D eigenvalue weighted by atomic mass is 79.9. The van der Waals surface area contributed by atoms with Crippen molar-refractivity contribution in [1.29, 1.82) is 0 Å². The van der Waals surface area contributed by atoms with Gasteiger partial charge in [0.2, 0.25) is 5.95 Å². The van der Waals surface area contributed by atoms with Crippen molar-refractivity contribution in [2.24, 2.45) is 0 Å². The van der Waals surface area contributed by atoms with Crippen LogP contribution in [0.1, 0.15) is 25.7 Å². The Balaban J connectivity index is 1.74. The maximum absolute atomic E-state index is 12.8. The fourth-order valence-electron chi connectivity index (χ4n) is 3.46. The molecule has 0 saturated heterocycles. The molecule has 0 unspecified atom stereocenters. The average Bonchev–Trinajstić information content (AvgIpc) is 3.14. The van der Waals surface area contributed by atoms with Crippen LogP contribution in [-0.2, 0) is 0 Å². The van der Waals surface area contributed by atoms with E-state index < -0.39 is 12.7 Å². The largest absolute Gasteiger partial charge is 0.434 e. The van der Waals surface area contributed by atoms with Gasteiger partial charge < -0.3 is 15.2 Å². The van der Waals surface area contributed by atoms with Gasteiger partial charge in [-0.3, -0.25) is 4.40 Å². The predicted molar refractivity (Wildman–Crippen MR) is 102 cm³/mol. The molecule has 0 aliphatic heterocycles. The van der Waals surface area contributed by atoms with Crippen LogP contribution in [0.5, 0.6) is 5.75 Å². The first-order valence-electron chi connectivity index (χ1n) is 8.91. The van der Waals surface area contributed by atoms with Gasteiger partial charge in [0, 0.05) is 10.0 Å². The van der Waals surface area contributed by atoms with Gasteiger partial charge in [0.1, 0.15) is 17.8 Å². The molecule has 1 saturated carbocycles. The molecule has 10 heteroatoms. The molecular formula is C18H18BrF2N5O2. The first kappa shape index (κ1) is 19.0. The van der Waals surface area contributed by atoms with E-state index in [2.05, 4.69) is 41.2 Å². The SMILES string of the molecule is O[C@@H]1CCCC[C@H]1Nc1nnc(-c2ccc(Br)cc2OC(F)F)c2cncn12. The van der Waals surface area contributed by atoms with E-state index in [9.17, 15) is 13.9 Å². The maximum atomic E-state index is 12.8. The van der Waals surface area contributed by atoms with Crippen molar-refractivity contribution in [3.63, 3.8) is 0 Å². The number of fused-ring (bicyclic) bond motifs is 1. The standard InChI is InChI=1S/C18H18BrF2N5O2/c19-10-5-6-11(15(7-10)28-17(20)21)16-13-8-22-9-26(13)18(25-24-16)23-12-3-1-2-4-14(12)27/h5-9,12,14,17,27H,1-4H2,(H,23,25)/t12-,14-/m1/s1. The van der Waals surface area contributed by atoms with E-state index in [1.165, 1.54) is 6.07 Å². The van der Waals surface area contributed by atoms with Crippen molar-refractivity contribution in [3.05, 3.63) is 35.2 Å². The van der Waals surface area contributed by atoms with Crippen LogP contribution in [0.25, 0.3) is 16.8 Å². The van der Waals surface area contributed by atoms with Crippen LogP contribution in [0.2, 0.25) is 0 Å². The van der Waals surface area contributed by atoms with Crippen molar-refractivity contribution < 1.29 is 18.6 Å². The van der Waals surface area contributed by atoms with Crippen molar-refractivity contribution >= 4 is 27.4 Å². The highest BCUT2D eigenvalue weighted by molar-refractivity contribution is 9.10. The number of nitrogens with one attached hydrogen (secondary N) is 1. The van der Waals surface area contributed by atoms with E-state index in [1.807, 2.05) is 0 Å². The van der Waals surface area contributed by atoms with E-state index in [-0.39, 0.29) is 11.8 Å². The minimum absolute atomic E-state index is 0.00909. The zero-order chi connectivity index (χ0) is 19.7. The fourth-order valence-corrected chi connectivity index (χ4v) is 3.80. The average molecular weight is 454 g/mol. The molecule has 2 atom stereocenters. The lowest BCUT2D eigenvalue weighted by atomic mass is 9.93. The number of benzene rings is 1. The summed E-state index contributed by atoms with van der Waals surface area (Å²) >= 11 is 3.26. The zero-order valence-electron chi connectivity index (χ0n) is 14.7. The van der Waals surface area contributed by atoms with Crippen LogP contribution in [0.15, 0.2) is 35.2 Å². The Morgan fingerprint density at radius 2 is 2.07 bits per heavy atom. The molecule has 2 heterocycles. The summed E-state index contributed by atoms with van der Waals surface area (Å²) in [4.78, 5) is 4.15. The highest BCUT2D eigenvalue weighted by Crippen LogP contribution is 2.35. The lowest BCUT2D eigenvalue weighted by Crippen LogP contribution is -2.37. The monoisotopic (exact) mass is 453 g/mol. The molecule has 28 heavy (non-hydrogen) atoms. The molecule has 1 fully saturated rings. The molecule has 0 radical (unpaired) electrons. The number of anilines is 1. The third-order valence-electron chi connectivity index (χ3n) is 4.81. The maximum Gasteiger partial charge on any atom is 0.387 e. The van der Waals surface area contributed by atoms with Gasteiger partial charge in [-0.15, -0.1) is 10.2 Å². The summed E-state index contributed by atoms with van der Waals surface area (Å²) in [7, 11) is 0. The Hall–Kier alpha value is -2.33. The van der Waals surface area contributed by atoms with E-state index >= 15 is 0 Å². The number of rotatable bonds is 5. The van der Waals surface area contributed by atoms with Gasteiger partial charge in [0.25, 0.3) is 0 Å². The van der Waals surface area contributed by atoms with Gasteiger partial charge in [0.05, 0.1) is 23.9 Å². The zero-order valence-corrected chi connectivity index (χ0v) is 16.3. The number of halogens is 3. The number of hydrogen-bond acceptors (Lipinski definition) is 6. The number of aliphatic hydroxyl groups excluding tert-OH is 1. The molecule has 1 aliphatic carbocycles. The second-order valence-corrected chi connectivity index (χ2v) is 7.56. The molecule has 1 aromatic carbocycles. The first-order chi connectivity index (χ1) is 13.5. The van der Waals surface area contributed by atoms with Gasteiger partial charge in [-0.2, -0.15) is 8.78 Å². The van der Waals surface area contributed by atoms with Crippen LogP contribution in [0.3, 0.4) is 0 Å². The lowest BCUT2D eigenvalue weighted by Gasteiger charge is -2.28. The number of imidazole rings is 1. The van der Waals surface area contributed by atoms with Crippen LogP contribution < -0.4 is 10.1 Å². The molecular weight excluding hydrogens is 436 g/mol. The van der Waals surface area contributed by atoms with Gasteiger partial charge in [-0.1, -0.05) is 28.8 Å². The summed E-state index contributed by atoms with van der Waals surface area (Å²) in [6, 6.07) is 4.69. The van der Waals surface area contributed by atoms with E-state index in [1.54, 1.807) is 29.1 Å². The fraction of sp³-hybridized carbons (Fsp3) is 0.389. The highest BCUT2D eigenvalue weighted by Gasteiger charge is 2.25. The number of hydrogen-bond donors (Lipinski definition) is 2. The molecule has 148 valence electrons. The van der Waals surface area contributed by atoms with Crippen LogP contribution in [0.4, 0.5) is 14.7 Å². The smallest absolute Gasteiger partial charge is 0.387 e. The van der Waals surface area contributed by atoms with Crippen molar-refractivity contribution in [2.75, 3.05) is 5.32 Å². The summed E-state index contributed by atoms with van der Waals surface area (Å²) in [6.45, 7) is -2.96. The number of aliphatic hydroxyl groups is 1. The Labute approximate surface area is 167 Å². The molecule has 1 aliphatic rings. The van der Waals surface area contributed by atoms with Crippen molar-refractivity contribution in [3.8, 4) is 17.0 Å². The quantitative estimate of drug-likeness (QED) is 0.609. The molecule has 0 amide bonds. The van der Waals surface area contributed by atoms with Gasteiger partial charge in [0.15, 0.2) is 0 Å². The molecule has 3 aromatic rings. The normalized spacial score (nSPS) is 19.9. The Kier molecular flexibility index (Phi) is 5.40. The summed E-state index contributed by atoms with van der Waals surface area (Å²) in [6.07, 6.45) is 6.30. The Morgan fingerprint density at radius 1 is 1.25 bits per heavy atom. The number of nitrogens with zero attached hydrogens (tertiary/aromatic N) is 4. The molecule has 2 aromatic heterocycles. The number of alkyl halides is 2. The second kappa shape index (κ2) is 7.96. The molecule has 7 nitrogen and oxygen atoms in total. The Bertz CT molecular complexity index is 984. The summed E-state index contributed by atoms with van der Waals surface area (Å²) in [5, 5.41) is 21.9. The predicted octanol–water partition coefficient (Wildman–Crippen LogP) is 3.87. The third kappa shape index (κ3) is 3.79. The number of ether oxygens (including phenoxy) is 1. The van der Waals surface area contributed by atoms with Crippen LogP contribution >= 0.6 is 15.9 Å². The number of aromatic nitrogens is 4. The molecule has 0 bridgehead atoms. The van der Waals surface area contributed by atoms with Crippen molar-refractivity contribution in [1.82, 2.24) is 19.6 Å². The third-order valence-corrected chi connectivity index (χ3v) is 5.31. The summed E-state index contributed by atoms with van der Waals surface area (Å²) < 4.78 is 32.6. The molecule has 0 spiro atoms. The van der Waals surface area contributed by atoms with Crippen LogP contribution in [-0.4, -0.2) is 43.4 Å². The van der Waals surface area contributed by atoms with Gasteiger partial charge in [-0.05, 0) is 31.0 Å².